The third-order valence-electron chi connectivity index (χ3n) is 3.64. The Labute approximate surface area is 118 Å². The Morgan fingerprint density at radius 2 is 2.40 bits per heavy atom. The molecule has 0 radical (unpaired) electrons. The Hall–Kier alpha value is -1.62. The second-order valence-electron chi connectivity index (χ2n) is 5.14. The van der Waals surface area contributed by atoms with Gasteiger partial charge in [-0.3, -0.25) is 4.79 Å². The number of hydrogen-bond acceptors (Lipinski definition) is 3. The van der Waals surface area contributed by atoms with Gasteiger partial charge in [-0.25, -0.2) is 4.39 Å². The van der Waals surface area contributed by atoms with Gasteiger partial charge in [-0.2, -0.15) is 0 Å². The van der Waals surface area contributed by atoms with Gasteiger partial charge in [0.2, 0.25) is 5.91 Å². The molecule has 0 spiro atoms. The van der Waals surface area contributed by atoms with Gasteiger partial charge in [0.1, 0.15) is 11.6 Å². The van der Waals surface area contributed by atoms with E-state index in [9.17, 15) is 9.18 Å². The lowest BCUT2D eigenvalue weighted by atomic mass is 10.1. The molecule has 20 heavy (non-hydrogen) atoms. The van der Waals surface area contributed by atoms with Gasteiger partial charge in [-0.05, 0) is 38.4 Å². The normalized spacial score (nSPS) is 19.6. The van der Waals surface area contributed by atoms with Crippen molar-refractivity contribution in [2.45, 2.75) is 38.3 Å². The zero-order valence-electron chi connectivity index (χ0n) is 11.9. The lowest BCUT2D eigenvalue weighted by Crippen LogP contribution is -2.33. The molecule has 0 bridgehead atoms. The maximum absolute atomic E-state index is 13.9. The molecular weight excluding hydrogens is 259 g/mol. The van der Waals surface area contributed by atoms with E-state index >= 15 is 0 Å². The topological polar surface area (TPSA) is 50.4 Å². The third-order valence-corrected chi connectivity index (χ3v) is 3.64. The molecule has 1 amide bonds. The van der Waals surface area contributed by atoms with Gasteiger partial charge in [0.15, 0.2) is 0 Å². The maximum atomic E-state index is 13.9. The van der Waals surface area contributed by atoms with Crippen LogP contribution in [0.5, 0.6) is 5.75 Å². The van der Waals surface area contributed by atoms with Crippen molar-refractivity contribution in [3.63, 3.8) is 0 Å². The van der Waals surface area contributed by atoms with E-state index in [1.165, 1.54) is 13.2 Å². The van der Waals surface area contributed by atoms with Crippen LogP contribution < -0.4 is 15.4 Å². The summed E-state index contributed by atoms with van der Waals surface area (Å²) in [6.07, 6.45) is 2.56. The molecule has 1 aromatic carbocycles. The molecule has 0 aromatic heterocycles. The van der Waals surface area contributed by atoms with Crippen molar-refractivity contribution in [1.82, 2.24) is 10.6 Å². The zero-order valence-corrected chi connectivity index (χ0v) is 11.9. The van der Waals surface area contributed by atoms with E-state index in [0.29, 0.717) is 17.7 Å². The van der Waals surface area contributed by atoms with Gasteiger partial charge in [0.25, 0.3) is 0 Å². The van der Waals surface area contributed by atoms with Crippen LogP contribution in [0.4, 0.5) is 4.39 Å². The number of carbonyl (C=O) groups is 1. The van der Waals surface area contributed by atoms with Crippen molar-refractivity contribution in [1.29, 1.82) is 0 Å². The van der Waals surface area contributed by atoms with Crippen molar-refractivity contribution < 1.29 is 13.9 Å². The van der Waals surface area contributed by atoms with E-state index < -0.39 is 6.04 Å². The number of amides is 1. The van der Waals surface area contributed by atoms with Gasteiger partial charge >= 0.3 is 0 Å². The van der Waals surface area contributed by atoms with Gasteiger partial charge < -0.3 is 15.4 Å². The molecule has 2 rings (SSSR count). The van der Waals surface area contributed by atoms with Crippen LogP contribution in [-0.2, 0) is 4.79 Å². The number of nitrogens with one attached hydrogen (secondary N) is 2. The molecular formula is C15H21FN2O2. The van der Waals surface area contributed by atoms with E-state index in [-0.39, 0.29) is 17.8 Å². The molecule has 0 aliphatic carbocycles. The summed E-state index contributed by atoms with van der Waals surface area (Å²) in [6.45, 7) is 2.73. The van der Waals surface area contributed by atoms with Crippen molar-refractivity contribution in [3.05, 3.63) is 29.6 Å². The summed E-state index contributed by atoms with van der Waals surface area (Å²) in [5.41, 5.74) is 0.391. The van der Waals surface area contributed by atoms with Crippen molar-refractivity contribution in [2.24, 2.45) is 0 Å². The van der Waals surface area contributed by atoms with Crippen molar-refractivity contribution in [3.8, 4) is 5.75 Å². The molecule has 110 valence electrons. The van der Waals surface area contributed by atoms with E-state index in [1.54, 1.807) is 19.1 Å². The molecule has 1 aliphatic heterocycles. The first-order valence-electron chi connectivity index (χ1n) is 6.97. The highest BCUT2D eigenvalue weighted by Gasteiger charge is 2.21. The average Bonchev–Trinajstić information content (AvgIpc) is 2.90. The lowest BCUT2D eigenvalue weighted by Gasteiger charge is -2.19. The Morgan fingerprint density at radius 1 is 1.60 bits per heavy atom. The lowest BCUT2D eigenvalue weighted by molar-refractivity contribution is -0.122. The van der Waals surface area contributed by atoms with E-state index in [4.69, 9.17) is 4.74 Å². The second kappa shape index (κ2) is 6.70. The molecule has 1 fully saturated rings. The number of ether oxygens (including phenoxy) is 1. The summed E-state index contributed by atoms with van der Waals surface area (Å²) in [6, 6.07) is 4.48. The summed E-state index contributed by atoms with van der Waals surface area (Å²) in [5.74, 6) is 0.0233. The van der Waals surface area contributed by atoms with Crippen molar-refractivity contribution in [2.75, 3.05) is 13.7 Å². The van der Waals surface area contributed by atoms with Crippen LogP contribution in [0.25, 0.3) is 0 Å². The van der Waals surface area contributed by atoms with Crippen LogP contribution in [0.15, 0.2) is 18.2 Å². The summed E-state index contributed by atoms with van der Waals surface area (Å²) < 4.78 is 19.1. The molecule has 5 heteroatoms. The van der Waals surface area contributed by atoms with Crippen LogP contribution in [0, 0.1) is 5.82 Å². The van der Waals surface area contributed by atoms with Crippen LogP contribution in [0.3, 0.4) is 0 Å². The summed E-state index contributed by atoms with van der Waals surface area (Å²) in [7, 11) is 1.50. The first-order chi connectivity index (χ1) is 9.61. The van der Waals surface area contributed by atoms with Gasteiger partial charge in [-0.15, -0.1) is 0 Å². The Bertz CT molecular complexity index is 473. The Kier molecular flexibility index (Phi) is 4.95. The van der Waals surface area contributed by atoms with Crippen LogP contribution >= 0.6 is 0 Å². The predicted octanol–water partition coefficient (Wildman–Crippen LogP) is 2.15. The molecule has 2 atom stereocenters. The van der Waals surface area contributed by atoms with Crippen LogP contribution in [-0.4, -0.2) is 25.6 Å². The van der Waals surface area contributed by atoms with Crippen molar-refractivity contribution >= 4 is 5.91 Å². The SMILES string of the molecule is COc1cccc(F)c1C(C)NC(=O)CC1CCCN1. The highest BCUT2D eigenvalue weighted by molar-refractivity contribution is 5.77. The minimum Gasteiger partial charge on any atom is -0.496 e. The molecule has 1 saturated heterocycles. The minimum atomic E-state index is -0.417. The fourth-order valence-corrected chi connectivity index (χ4v) is 2.64. The fraction of sp³-hybridized carbons (Fsp3) is 0.533. The molecule has 0 saturated carbocycles. The van der Waals surface area contributed by atoms with Gasteiger partial charge in [0.05, 0.1) is 18.7 Å². The third kappa shape index (κ3) is 3.48. The highest BCUT2D eigenvalue weighted by Crippen LogP contribution is 2.27. The summed E-state index contributed by atoms with van der Waals surface area (Å²) in [5, 5.41) is 6.11. The molecule has 2 unspecified atom stereocenters. The first kappa shape index (κ1) is 14.8. The molecule has 1 aliphatic rings. The number of carbonyl (C=O) groups excluding carboxylic acids is 1. The maximum Gasteiger partial charge on any atom is 0.222 e. The number of halogens is 1. The number of rotatable bonds is 5. The van der Waals surface area contributed by atoms with E-state index in [0.717, 1.165) is 19.4 Å². The summed E-state index contributed by atoms with van der Waals surface area (Å²) >= 11 is 0. The van der Waals surface area contributed by atoms with Crippen LogP contribution in [0.2, 0.25) is 0 Å². The Morgan fingerprint density at radius 3 is 3.05 bits per heavy atom. The first-order valence-corrected chi connectivity index (χ1v) is 6.97. The quantitative estimate of drug-likeness (QED) is 0.869. The molecule has 1 aromatic rings. The number of benzene rings is 1. The van der Waals surface area contributed by atoms with E-state index in [2.05, 4.69) is 10.6 Å². The molecule has 2 N–H and O–H groups in total. The second-order valence-corrected chi connectivity index (χ2v) is 5.14. The number of hydrogen-bond donors (Lipinski definition) is 2. The highest BCUT2D eigenvalue weighted by atomic mass is 19.1. The Balaban J connectivity index is 2.00. The van der Waals surface area contributed by atoms with E-state index in [1.807, 2.05) is 0 Å². The zero-order chi connectivity index (χ0) is 14.5. The molecule has 4 nitrogen and oxygen atoms in total. The van der Waals surface area contributed by atoms with Gasteiger partial charge in [-0.1, -0.05) is 6.07 Å². The predicted molar refractivity (Wildman–Crippen MR) is 75.2 cm³/mol. The largest absolute Gasteiger partial charge is 0.496 e. The van der Waals surface area contributed by atoms with Crippen LogP contribution in [0.1, 0.15) is 37.8 Å². The fourth-order valence-electron chi connectivity index (χ4n) is 2.64. The molecule has 1 heterocycles. The average molecular weight is 280 g/mol. The number of methoxy groups -OCH3 is 1. The standard InChI is InChI=1S/C15H21FN2O2/c1-10(15-12(16)6-3-7-13(15)20-2)18-14(19)9-11-5-4-8-17-11/h3,6-7,10-11,17H,4-5,8-9H2,1-2H3,(H,18,19). The van der Waals surface area contributed by atoms with Gasteiger partial charge in [0, 0.05) is 12.5 Å². The summed E-state index contributed by atoms with van der Waals surface area (Å²) in [4.78, 5) is 12.0. The monoisotopic (exact) mass is 280 g/mol. The minimum absolute atomic E-state index is 0.0674. The smallest absolute Gasteiger partial charge is 0.222 e.